The standard InChI is InChI=1S/C24H19N3O2S/c1-27-20-6-4-3-5-16(20)11-21(27)24(28)26-19-8-7-15(12-22(19)29-2)18-14-30-23-9-10-25-13-17(18)23/h3-14H,1-2H3,(H,26,28). The van der Waals surface area contributed by atoms with Crippen molar-refractivity contribution in [2.45, 2.75) is 0 Å². The summed E-state index contributed by atoms with van der Waals surface area (Å²) in [6.07, 6.45) is 3.68. The summed E-state index contributed by atoms with van der Waals surface area (Å²) in [4.78, 5) is 17.2. The smallest absolute Gasteiger partial charge is 0.272 e. The van der Waals surface area contributed by atoms with E-state index in [1.54, 1.807) is 24.6 Å². The minimum Gasteiger partial charge on any atom is -0.495 e. The number of hydrogen-bond donors (Lipinski definition) is 1. The number of amides is 1. The van der Waals surface area contributed by atoms with Crippen molar-refractivity contribution in [1.82, 2.24) is 9.55 Å². The van der Waals surface area contributed by atoms with Crippen molar-refractivity contribution in [1.29, 1.82) is 0 Å². The first-order valence-corrected chi connectivity index (χ1v) is 10.4. The predicted octanol–water partition coefficient (Wildman–Crippen LogP) is 5.72. The van der Waals surface area contributed by atoms with E-state index >= 15 is 0 Å². The van der Waals surface area contributed by atoms with Gasteiger partial charge in [-0.1, -0.05) is 24.3 Å². The Balaban J connectivity index is 1.49. The molecule has 5 rings (SSSR count). The highest BCUT2D eigenvalue weighted by Gasteiger charge is 2.16. The van der Waals surface area contributed by atoms with Gasteiger partial charge in [0.15, 0.2) is 0 Å². The van der Waals surface area contributed by atoms with Crippen LogP contribution in [-0.4, -0.2) is 22.6 Å². The molecule has 30 heavy (non-hydrogen) atoms. The molecule has 1 amide bonds. The first-order chi connectivity index (χ1) is 14.7. The molecule has 1 N–H and O–H groups in total. The zero-order valence-corrected chi connectivity index (χ0v) is 17.4. The highest BCUT2D eigenvalue weighted by Crippen LogP contribution is 2.37. The number of aromatic nitrogens is 2. The Morgan fingerprint density at radius 1 is 1.13 bits per heavy atom. The number of carbonyl (C=O) groups excluding carboxylic acids is 1. The molecule has 148 valence electrons. The van der Waals surface area contributed by atoms with Crippen LogP contribution in [0.2, 0.25) is 0 Å². The van der Waals surface area contributed by atoms with Gasteiger partial charge in [-0.15, -0.1) is 11.3 Å². The van der Waals surface area contributed by atoms with Gasteiger partial charge in [-0.3, -0.25) is 9.78 Å². The van der Waals surface area contributed by atoms with E-state index in [2.05, 4.69) is 15.7 Å². The van der Waals surface area contributed by atoms with Crippen molar-refractivity contribution in [3.05, 3.63) is 78.1 Å². The Kier molecular flexibility index (Phi) is 4.48. The molecule has 3 aromatic heterocycles. The van der Waals surface area contributed by atoms with Gasteiger partial charge in [0.2, 0.25) is 0 Å². The zero-order valence-electron chi connectivity index (χ0n) is 16.5. The van der Waals surface area contributed by atoms with Crippen molar-refractivity contribution < 1.29 is 9.53 Å². The van der Waals surface area contributed by atoms with Gasteiger partial charge in [0.05, 0.1) is 12.8 Å². The maximum Gasteiger partial charge on any atom is 0.272 e. The SMILES string of the molecule is COc1cc(-c2csc3ccncc23)ccc1NC(=O)c1cc2ccccc2n1C. The van der Waals surface area contributed by atoms with Gasteiger partial charge in [-0.25, -0.2) is 0 Å². The third kappa shape index (κ3) is 3.02. The monoisotopic (exact) mass is 413 g/mol. The van der Waals surface area contributed by atoms with Gasteiger partial charge in [0.1, 0.15) is 11.4 Å². The van der Waals surface area contributed by atoms with Crippen LogP contribution in [0.4, 0.5) is 5.69 Å². The highest BCUT2D eigenvalue weighted by molar-refractivity contribution is 7.17. The van der Waals surface area contributed by atoms with Crippen LogP contribution in [0.1, 0.15) is 10.5 Å². The molecule has 2 aromatic carbocycles. The zero-order chi connectivity index (χ0) is 20.7. The molecular weight excluding hydrogens is 394 g/mol. The van der Waals surface area contributed by atoms with E-state index in [1.807, 2.05) is 72.4 Å². The van der Waals surface area contributed by atoms with Crippen LogP contribution < -0.4 is 10.1 Å². The van der Waals surface area contributed by atoms with Crippen LogP contribution in [0.15, 0.2) is 72.4 Å². The number of nitrogens with zero attached hydrogens (tertiary/aromatic N) is 2. The number of hydrogen-bond acceptors (Lipinski definition) is 4. The number of methoxy groups -OCH3 is 1. The van der Waals surface area contributed by atoms with E-state index in [9.17, 15) is 4.79 Å². The van der Waals surface area contributed by atoms with Crippen molar-refractivity contribution in [3.63, 3.8) is 0 Å². The summed E-state index contributed by atoms with van der Waals surface area (Å²) in [5, 5.41) is 7.26. The van der Waals surface area contributed by atoms with Crippen LogP contribution in [-0.2, 0) is 7.05 Å². The fourth-order valence-corrected chi connectivity index (χ4v) is 4.69. The molecule has 5 nitrogen and oxygen atoms in total. The third-order valence-electron chi connectivity index (χ3n) is 5.32. The van der Waals surface area contributed by atoms with E-state index in [4.69, 9.17) is 4.74 Å². The Labute approximate surface area is 177 Å². The molecule has 0 aliphatic heterocycles. The first kappa shape index (κ1) is 18.4. The van der Waals surface area contributed by atoms with Gasteiger partial charge in [-0.2, -0.15) is 0 Å². The lowest BCUT2D eigenvalue weighted by molar-refractivity contribution is 0.101. The lowest BCUT2D eigenvalue weighted by Gasteiger charge is -2.12. The second kappa shape index (κ2) is 7.31. The molecule has 0 atom stereocenters. The second-order valence-electron chi connectivity index (χ2n) is 7.04. The van der Waals surface area contributed by atoms with Crippen LogP contribution in [0.5, 0.6) is 5.75 Å². The van der Waals surface area contributed by atoms with E-state index in [1.165, 1.54) is 4.70 Å². The topological polar surface area (TPSA) is 56.1 Å². The van der Waals surface area contributed by atoms with Crippen molar-refractivity contribution in [2.75, 3.05) is 12.4 Å². The summed E-state index contributed by atoms with van der Waals surface area (Å²) < 4.78 is 8.67. The summed E-state index contributed by atoms with van der Waals surface area (Å²) in [6, 6.07) is 17.7. The number of rotatable bonds is 4. The summed E-state index contributed by atoms with van der Waals surface area (Å²) in [6.45, 7) is 0. The van der Waals surface area contributed by atoms with Gasteiger partial charge in [-0.05, 0) is 41.3 Å². The van der Waals surface area contributed by atoms with Crippen molar-refractivity contribution >= 4 is 43.9 Å². The molecule has 0 radical (unpaired) electrons. The van der Waals surface area contributed by atoms with Crippen LogP contribution in [0.3, 0.4) is 0 Å². The summed E-state index contributed by atoms with van der Waals surface area (Å²) in [5.74, 6) is 0.438. The summed E-state index contributed by atoms with van der Waals surface area (Å²) in [5.41, 5.74) is 4.37. The van der Waals surface area contributed by atoms with Crippen LogP contribution in [0.25, 0.3) is 32.1 Å². The van der Waals surface area contributed by atoms with Crippen LogP contribution in [0, 0.1) is 0 Å². The Morgan fingerprint density at radius 3 is 2.83 bits per heavy atom. The Bertz CT molecular complexity index is 1400. The van der Waals surface area contributed by atoms with E-state index in [0.29, 0.717) is 17.1 Å². The molecule has 0 fully saturated rings. The fourth-order valence-electron chi connectivity index (χ4n) is 3.75. The minimum absolute atomic E-state index is 0.176. The average molecular weight is 414 g/mol. The maximum atomic E-state index is 13.0. The number of benzene rings is 2. The Hall–Kier alpha value is -3.64. The number of aryl methyl sites for hydroxylation is 1. The van der Waals surface area contributed by atoms with Crippen molar-refractivity contribution in [3.8, 4) is 16.9 Å². The normalized spacial score (nSPS) is 11.1. The molecule has 0 aliphatic rings. The first-order valence-electron chi connectivity index (χ1n) is 9.51. The number of carbonyl (C=O) groups is 1. The van der Waals surface area contributed by atoms with Gasteiger partial charge in [0, 0.05) is 46.0 Å². The maximum absolute atomic E-state index is 13.0. The number of ether oxygens (including phenoxy) is 1. The van der Waals surface area contributed by atoms with E-state index < -0.39 is 0 Å². The van der Waals surface area contributed by atoms with E-state index in [0.717, 1.165) is 27.4 Å². The number of para-hydroxylation sites is 1. The second-order valence-corrected chi connectivity index (χ2v) is 7.95. The molecule has 0 spiro atoms. The highest BCUT2D eigenvalue weighted by atomic mass is 32.1. The average Bonchev–Trinajstić information content (AvgIpc) is 3.36. The molecule has 6 heteroatoms. The molecule has 3 heterocycles. The number of anilines is 1. The lowest BCUT2D eigenvalue weighted by atomic mass is 10.0. The third-order valence-corrected chi connectivity index (χ3v) is 6.28. The van der Waals surface area contributed by atoms with Crippen molar-refractivity contribution in [2.24, 2.45) is 7.05 Å². The van der Waals surface area contributed by atoms with Crippen LogP contribution >= 0.6 is 11.3 Å². The summed E-state index contributed by atoms with van der Waals surface area (Å²) >= 11 is 1.68. The number of fused-ring (bicyclic) bond motifs is 2. The molecule has 5 aromatic rings. The van der Waals surface area contributed by atoms with E-state index in [-0.39, 0.29) is 5.91 Å². The Morgan fingerprint density at radius 2 is 2.00 bits per heavy atom. The van der Waals surface area contributed by atoms with Gasteiger partial charge < -0.3 is 14.6 Å². The molecule has 0 aliphatic carbocycles. The largest absolute Gasteiger partial charge is 0.495 e. The number of nitrogens with one attached hydrogen (secondary N) is 1. The quantitative estimate of drug-likeness (QED) is 0.410. The fraction of sp³-hybridized carbons (Fsp3) is 0.0833. The minimum atomic E-state index is -0.176. The molecule has 0 saturated heterocycles. The number of pyridine rings is 1. The molecule has 0 saturated carbocycles. The predicted molar refractivity (Wildman–Crippen MR) is 122 cm³/mol. The summed E-state index contributed by atoms with van der Waals surface area (Å²) in [7, 11) is 3.51. The van der Waals surface area contributed by atoms with Gasteiger partial charge in [0.25, 0.3) is 5.91 Å². The van der Waals surface area contributed by atoms with Gasteiger partial charge >= 0.3 is 0 Å². The molecular formula is C24H19N3O2S. The molecule has 0 unspecified atom stereocenters. The molecule has 0 bridgehead atoms. The number of thiophene rings is 1. The lowest BCUT2D eigenvalue weighted by Crippen LogP contribution is -2.16.